The van der Waals surface area contributed by atoms with Crippen molar-refractivity contribution in [2.24, 2.45) is 0 Å². The molecule has 0 atom stereocenters. The number of hydrogen-bond donors (Lipinski definition) is 0. The molecule has 4 heteroatoms. The summed E-state index contributed by atoms with van der Waals surface area (Å²) in [5, 5.41) is 0.474. The van der Waals surface area contributed by atoms with Gasteiger partial charge in [0.25, 0.3) is 0 Å². The molecule has 0 saturated heterocycles. The van der Waals surface area contributed by atoms with Crippen molar-refractivity contribution in [2.45, 2.75) is 13.3 Å². The van der Waals surface area contributed by atoms with Crippen LogP contribution >= 0.6 is 11.6 Å². The molecule has 0 unspecified atom stereocenters. The molecule has 2 rings (SSSR count). The number of aromatic nitrogens is 2. The molecule has 0 aliphatic carbocycles. The van der Waals surface area contributed by atoms with Gasteiger partial charge in [-0.25, -0.2) is 9.97 Å². The normalized spacial score (nSPS) is 10.4. The highest BCUT2D eigenvalue weighted by Gasteiger charge is 2.08. The quantitative estimate of drug-likeness (QED) is 0.787. The number of rotatable bonds is 4. The van der Waals surface area contributed by atoms with Crippen LogP contribution in [0.4, 0.5) is 5.82 Å². The van der Waals surface area contributed by atoms with E-state index < -0.39 is 0 Å². The van der Waals surface area contributed by atoms with Crippen LogP contribution < -0.4 is 4.90 Å². The summed E-state index contributed by atoms with van der Waals surface area (Å²) in [6.07, 6.45) is 1.07. The van der Waals surface area contributed by atoms with E-state index in [4.69, 9.17) is 11.6 Å². The van der Waals surface area contributed by atoms with Crippen molar-refractivity contribution in [3.05, 3.63) is 41.6 Å². The summed E-state index contributed by atoms with van der Waals surface area (Å²) in [6, 6.07) is 11.7. The Hall–Kier alpha value is -1.61. The molecule has 0 bridgehead atoms. The standard InChI is InChI=1S/C14H16ClN3/c1-3-9-18(2)13-10-12(15)16-14(17-13)11-7-5-4-6-8-11/h4-8,10H,3,9H2,1-2H3. The third kappa shape index (κ3) is 2.99. The van der Waals surface area contributed by atoms with Gasteiger partial charge in [-0.15, -0.1) is 0 Å². The first-order chi connectivity index (χ1) is 8.70. The van der Waals surface area contributed by atoms with Gasteiger partial charge in [0.1, 0.15) is 11.0 Å². The number of nitrogens with zero attached hydrogens (tertiary/aromatic N) is 3. The summed E-state index contributed by atoms with van der Waals surface area (Å²) in [7, 11) is 2.01. The molecule has 0 spiro atoms. The second kappa shape index (κ2) is 5.83. The maximum absolute atomic E-state index is 6.07. The van der Waals surface area contributed by atoms with Gasteiger partial charge < -0.3 is 4.90 Å². The Morgan fingerprint density at radius 3 is 2.56 bits per heavy atom. The zero-order chi connectivity index (χ0) is 13.0. The van der Waals surface area contributed by atoms with Gasteiger partial charge in [0.15, 0.2) is 5.82 Å². The van der Waals surface area contributed by atoms with E-state index in [1.807, 2.05) is 37.4 Å². The van der Waals surface area contributed by atoms with E-state index in [9.17, 15) is 0 Å². The van der Waals surface area contributed by atoms with Gasteiger partial charge in [0, 0.05) is 25.2 Å². The molecule has 0 fully saturated rings. The second-order valence-electron chi connectivity index (χ2n) is 4.16. The van der Waals surface area contributed by atoms with Crippen molar-refractivity contribution in [1.29, 1.82) is 0 Å². The minimum absolute atomic E-state index is 0.474. The second-order valence-corrected chi connectivity index (χ2v) is 4.55. The highest BCUT2D eigenvalue weighted by atomic mass is 35.5. The van der Waals surface area contributed by atoms with Crippen LogP contribution in [-0.2, 0) is 0 Å². The fourth-order valence-corrected chi connectivity index (χ4v) is 1.95. The lowest BCUT2D eigenvalue weighted by Crippen LogP contribution is -2.19. The van der Waals surface area contributed by atoms with Gasteiger partial charge in [-0.05, 0) is 6.42 Å². The zero-order valence-electron chi connectivity index (χ0n) is 10.6. The van der Waals surface area contributed by atoms with Crippen LogP contribution in [0.3, 0.4) is 0 Å². The van der Waals surface area contributed by atoms with Crippen LogP contribution in [0.25, 0.3) is 11.4 Å². The van der Waals surface area contributed by atoms with E-state index in [0.717, 1.165) is 24.3 Å². The Morgan fingerprint density at radius 2 is 1.89 bits per heavy atom. The summed E-state index contributed by atoms with van der Waals surface area (Å²) in [5.74, 6) is 1.52. The molecule has 18 heavy (non-hydrogen) atoms. The maximum Gasteiger partial charge on any atom is 0.163 e. The van der Waals surface area contributed by atoms with Gasteiger partial charge >= 0.3 is 0 Å². The maximum atomic E-state index is 6.07. The first-order valence-electron chi connectivity index (χ1n) is 6.02. The molecule has 0 radical (unpaired) electrons. The monoisotopic (exact) mass is 261 g/mol. The highest BCUT2D eigenvalue weighted by molar-refractivity contribution is 6.29. The summed E-state index contributed by atoms with van der Waals surface area (Å²) >= 11 is 6.07. The van der Waals surface area contributed by atoms with Crippen molar-refractivity contribution in [1.82, 2.24) is 9.97 Å². The molecule has 0 saturated carbocycles. The zero-order valence-corrected chi connectivity index (χ0v) is 11.4. The SMILES string of the molecule is CCCN(C)c1cc(Cl)nc(-c2ccccc2)n1. The van der Waals surface area contributed by atoms with Crippen LogP contribution in [0, 0.1) is 0 Å². The largest absolute Gasteiger partial charge is 0.360 e. The van der Waals surface area contributed by atoms with E-state index in [1.54, 1.807) is 6.07 Å². The molecule has 3 nitrogen and oxygen atoms in total. The smallest absolute Gasteiger partial charge is 0.163 e. The van der Waals surface area contributed by atoms with Crippen molar-refractivity contribution in [2.75, 3.05) is 18.5 Å². The third-order valence-corrected chi connectivity index (χ3v) is 2.86. The van der Waals surface area contributed by atoms with E-state index in [-0.39, 0.29) is 0 Å². The van der Waals surface area contributed by atoms with Crippen LogP contribution in [-0.4, -0.2) is 23.6 Å². The molecule has 0 aliphatic rings. The van der Waals surface area contributed by atoms with Gasteiger partial charge in [0.2, 0.25) is 0 Å². The van der Waals surface area contributed by atoms with Gasteiger partial charge in [-0.2, -0.15) is 0 Å². The summed E-state index contributed by atoms with van der Waals surface area (Å²) < 4.78 is 0. The highest BCUT2D eigenvalue weighted by Crippen LogP contribution is 2.21. The fourth-order valence-electron chi connectivity index (χ4n) is 1.77. The Morgan fingerprint density at radius 1 is 1.17 bits per heavy atom. The lowest BCUT2D eigenvalue weighted by atomic mass is 10.2. The first-order valence-corrected chi connectivity index (χ1v) is 6.39. The van der Waals surface area contributed by atoms with Crippen molar-refractivity contribution >= 4 is 17.4 Å². The predicted octanol–water partition coefficient (Wildman–Crippen LogP) is 3.64. The molecular formula is C14H16ClN3. The minimum Gasteiger partial charge on any atom is -0.360 e. The molecule has 0 aliphatic heterocycles. The lowest BCUT2D eigenvalue weighted by Gasteiger charge is -2.17. The third-order valence-electron chi connectivity index (χ3n) is 2.66. The van der Waals surface area contributed by atoms with E-state index in [1.165, 1.54) is 0 Å². The van der Waals surface area contributed by atoms with E-state index in [2.05, 4.69) is 21.8 Å². The Labute approximate surface area is 112 Å². The minimum atomic E-state index is 0.474. The van der Waals surface area contributed by atoms with E-state index >= 15 is 0 Å². The summed E-state index contributed by atoms with van der Waals surface area (Å²) in [5.41, 5.74) is 0.978. The molecular weight excluding hydrogens is 246 g/mol. The predicted molar refractivity (Wildman–Crippen MR) is 76.0 cm³/mol. The van der Waals surface area contributed by atoms with Gasteiger partial charge in [-0.3, -0.25) is 0 Å². The molecule has 2 aromatic rings. The van der Waals surface area contributed by atoms with Crippen LogP contribution in [0.5, 0.6) is 0 Å². The van der Waals surface area contributed by atoms with Gasteiger partial charge in [-0.1, -0.05) is 48.9 Å². The molecule has 0 amide bonds. The van der Waals surface area contributed by atoms with Crippen LogP contribution in [0.15, 0.2) is 36.4 Å². The van der Waals surface area contributed by atoms with Crippen molar-refractivity contribution in [3.8, 4) is 11.4 Å². The van der Waals surface area contributed by atoms with Crippen LogP contribution in [0.1, 0.15) is 13.3 Å². The number of benzene rings is 1. The van der Waals surface area contributed by atoms with Crippen LogP contribution in [0.2, 0.25) is 5.15 Å². The average Bonchev–Trinajstić information content (AvgIpc) is 2.39. The number of hydrogen-bond acceptors (Lipinski definition) is 3. The Bertz CT molecular complexity index is 514. The summed E-state index contributed by atoms with van der Waals surface area (Å²) in [4.78, 5) is 10.9. The first kappa shape index (κ1) is 12.8. The van der Waals surface area contributed by atoms with Crippen molar-refractivity contribution < 1.29 is 0 Å². The van der Waals surface area contributed by atoms with Gasteiger partial charge in [0.05, 0.1) is 0 Å². The lowest BCUT2D eigenvalue weighted by molar-refractivity contribution is 0.835. The average molecular weight is 262 g/mol. The Kier molecular flexibility index (Phi) is 4.15. The molecule has 1 aromatic heterocycles. The molecule has 94 valence electrons. The molecule has 1 aromatic carbocycles. The summed E-state index contributed by atoms with van der Waals surface area (Å²) in [6.45, 7) is 3.08. The molecule has 0 N–H and O–H groups in total. The molecule has 1 heterocycles. The number of anilines is 1. The van der Waals surface area contributed by atoms with Crippen molar-refractivity contribution in [3.63, 3.8) is 0 Å². The van der Waals surface area contributed by atoms with E-state index in [0.29, 0.717) is 11.0 Å². The fraction of sp³-hybridized carbons (Fsp3) is 0.286. The number of halogens is 1. The Balaban J connectivity index is 2.38. The topological polar surface area (TPSA) is 29.0 Å².